The zero-order valence-electron chi connectivity index (χ0n) is 6.24. The minimum Gasteiger partial charge on any atom is -0.261 e. The Labute approximate surface area is 91.2 Å². The number of rotatable bonds is 1. The van der Waals surface area contributed by atoms with Crippen molar-refractivity contribution >= 4 is 33.9 Å². The van der Waals surface area contributed by atoms with Crippen LogP contribution in [-0.2, 0) is 0 Å². The minimum absolute atomic E-state index is 0.359. The number of aromatic nitrogens is 3. The van der Waals surface area contributed by atoms with Gasteiger partial charge in [0.15, 0.2) is 3.01 Å². The van der Waals surface area contributed by atoms with E-state index in [1.807, 2.05) is 0 Å². The number of halogens is 2. The van der Waals surface area contributed by atoms with E-state index in [9.17, 15) is 4.39 Å². The van der Waals surface area contributed by atoms with E-state index in [0.717, 1.165) is 9.21 Å². The predicted molar refractivity (Wildman–Crippen MR) is 55.8 cm³/mol. The van der Waals surface area contributed by atoms with Gasteiger partial charge in [-0.15, -0.1) is 10.2 Å². The van der Waals surface area contributed by atoms with Crippen LogP contribution in [0.5, 0.6) is 0 Å². The Morgan fingerprint density at radius 3 is 2.77 bits per heavy atom. The van der Waals surface area contributed by atoms with E-state index in [4.69, 9.17) is 0 Å². The van der Waals surface area contributed by atoms with Crippen LogP contribution in [0.15, 0.2) is 18.5 Å². The highest BCUT2D eigenvalue weighted by atomic mass is 127. The predicted octanol–water partition coefficient (Wildman–Crippen LogP) is 2.34. The van der Waals surface area contributed by atoms with E-state index in [-0.39, 0.29) is 5.82 Å². The smallest absolute Gasteiger partial charge is 0.178 e. The van der Waals surface area contributed by atoms with E-state index in [2.05, 4.69) is 37.8 Å². The Balaban J connectivity index is 2.46. The topological polar surface area (TPSA) is 38.7 Å². The molecule has 0 radical (unpaired) electrons. The summed E-state index contributed by atoms with van der Waals surface area (Å²) in [5.74, 6) is -0.359. The summed E-state index contributed by atoms with van der Waals surface area (Å²) in [6.07, 6.45) is 2.73. The standard InChI is InChI=1S/C7H3FIN3S/c8-5-1-4(2-10-3-5)6-11-12-7(9)13-6/h1-3H. The molecule has 0 aromatic carbocycles. The maximum absolute atomic E-state index is 12.8. The second-order valence-electron chi connectivity index (χ2n) is 2.25. The summed E-state index contributed by atoms with van der Waals surface area (Å²) in [5.41, 5.74) is 0.667. The molecule has 0 aliphatic carbocycles. The first kappa shape index (κ1) is 8.95. The molecule has 0 amide bonds. The monoisotopic (exact) mass is 307 g/mol. The molecule has 0 fully saturated rings. The van der Waals surface area contributed by atoms with Crippen molar-refractivity contribution in [2.24, 2.45) is 0 Å². The third-order valence-electron chi connectivity index (χ3n) is 1.35. The third-order valence-corrected chi connectivity index (χ3v) is 2.99. The van der Waals surface area contributed by atoms with Gasteiger partial charge in [-0.1, -0.05) is 11.3 Å². The first-order valence-corrected chi connectivity index (χ1v) is 5.25. The fourth-order valence-corrected chi connectivity index (χ4v) is 2.14. The molecule has 0 saturated carbocycles. The second kappa shape index (κ2) is 3.62. The maximum Gasteiger partial charge on any atom is 0.178 e. The fraction of sp³-hybridized carbons (Fsp3) is 0. The largest absolute Gasteiger partial charge is 0.261 e. The quantitative estimate of drug-likeness (QED) is 0.759. The Bertz CT molecular complexity index is 431. The van der Waals surface area contributed by atoms with Crippen LogP contribution in [0.1, 0.15) is 0 Å². The lowest BCUT2D eigenvalue weighted by Crippen LogP contribution is -1.81. The normalized spacial score (nSPS) is 10.3. The molecule has 2 rings (SSSR count). The highest BCUT2D eigenvalue weighted by Gasteiger charge is 2.05. The summed E-state index contributed by atoms with van der Waals surface area (Å²) < 4.78 is 13.6. The third kappa shape index (κ3) is 1.99. The number of hydrogen-bond donors (Lipinski definition) is 0. The van der Waals surface area contributed by atoms with E-state index in [1.165, 1.54) is 17.4 Å². The van der Waals surface area contributed by atoms with Crippen molar-refractivity contribution in [1.29, 1.82) is 0 Å². The van der Waals surface area contributed by atoms with Crippen LogP contribution in [0.3, 0.4) is 0 Å². The molecule has 0 saturated heterocycles. The molecule has 2 aromatic heterocycles. The molecule has 0 bridgehead atoms. The molecular formula is C7H3FIN3S. The first-order valence-electron chi connectivity index (χ1n) is 3.35. The molecule has 3 nitrogen and oxygen atoms in total. The summed E-state index contributed by atoms with van der Waals surface area (Å²) in [4.78, 5) is 3.73. The molecule has 0 atom stereocenters. The Kier molecular flexibility index (Phi) is 2.49. The second-order valence-corrected chi connectivity index (χ2v) is 4.98. The van der Waals surface area contributed by atoms with Crippen molar-refractivity contribution in [3.8, 4) is 10.6 Å². The molecule has 0 aliphatic rings. The molecule has 0 N–H and O–H groups in total. The molecule has 2 aromatic rings. The van der Waals surface area contributed by atoms with Crippen LogP contribution in [0, 0.1) is 8.83 Å². The lowest BCUT2D eigenvalue weighted by Gasteiger charge is -1.92. The molecule has 0 aliphatic heterocycles. The van der Waals surface area contributed by atoms with Gasteiger partial charge in [0, 0.05) is 11.8 Å². The van der Waals surface area contributed by atoms with Gasteiger partial charge in [0.2, 0.25) is 0 Å². The lowest BCUT2D eigenvalue weighted by atomic mass is 10.3. The minimum atomic E-state index is -0.359. The summed E-state index contributed by atoms with van der Waals surface area (Å²) in [5, 5.41) is 8.40. The summed E-state index contributed by atoms with van der Waals surface area (Å²) in [6, 6.07) is 1.39. The van der Waals surface area contributed by atoms with E-state index in [0.29, 0.717) is 10.6 Å². The zero-order chi connectivity index (χ0) is 9.26. The Hall–Kier alpha value is -0.630. The molecular weight excluding hydrogens is 304 g/mol. The molecule has 0 spiro atoms. The molecule has 66 valence electrons. The van der Waals surface area contributed by atoms with Gasteiger partial charge in [0.1, 0.15) is 10.8 Å². The maximum atomic E-state index is 12.8. The summed E-state index contributed by atoms with van der Waals surface area (Å²) in [7, 11) is 0. The van der Waals surface area contributed by atoms with Gasteiger partial charge in [0.05, 0.1) is 6.20 Å². The average Bonchev–Trinajstić information content (AvgIpc) is 2.52. The lowest BCUT2D eigenvalue weighted by molar-refractivity contribution is 0.622. The Morgan fingerprint density at radius 2 is 2.15 bits per heavy atom. The highest BCUT2D eigenvalue weighted by molar-refractivity contribution is 14.1. The van der Waals surface area contributed by atoms with Gasteiger partial charge in [-0.3, -0.25) is 4.98 Å². The van der Waals surface area contributed by atoms with E-state index in [1.54, 1.807) is 6.20 Å². The Morgan fingerprint density at radius 1 is 1.31 bits per heavy atom. The van der Waals surface area contributed by atoms with Crippen molar-refractivity contribution in [3.63, 3.8) is 0 Å². The van der Waals surface area contributed by atoms with Crippen LogP contribution >= 0.6 is 33.9 Å². The number of nitrogens with zero attached hydrogens (tertiary/aromatic N) is 3. The fourth-order valence-electron chi connectivity index (χ4n) is 0.851. The van der Waals surface area contributed by atoms with Gasteiger partial charge in [-0.2, -0.15) is 0 Å². The molecule has 13 heavy (non-hydrogen) atoms. The van der Waals surface area contributed by atoms with Gasteiger partial charge in [0.25, 0.3) is 0 Å². The van der Waals surface area contributed by atoms with Gasteiger partial charge in [-0.05, 0) is 28.7 Å². The van der Waals surface area contributed by atoms with Gasteiger partial charge >= 0.3 is 0 Å². The van der Waals surface area contributed by atoms with Crippen LogP contribution in [0.4, 0.5) is 4.39 Å². The van der Waals surface area contributed by atoms with Crippen molar-refractivity contribution in [3.05, 3.63) is 27.3 Å². The summed E-state index contributed by atoms with van der Waals surface area (Å²) in [6.45, 7) is 0. The summed E-state index contributed by atoms with van der Waals surface area (Å²) >= 11 is 3.47. The first-order chi connectivity index (χ1) is 6.25. The van der Waals surface area contributed by atoms with E-state index < -0.39 is 0 Å². The van der Waals surface area contributed by atoms with Crippen LogP contribution < -0.4 is 0 Å². The number of pyridine rings is 1. The zero-order valence-corrected chi connectivity index (χ0v) is 9.21. The van der Waals surface area contributed by atoms with Crippen molar-refractivity contribution in [2.45, 2.75) is 0 Å². The van der Waals surface area contributed by atoms with Crippen LogP contribution in [0.2, 0.25) is 0 Å². The molecule has 2 heterocycles. The van der Waals surface area contributed by atoms with E-state index >= 15 is 0 Å². The average molecular weight is 307 g/mol. The van der Waals surface area contributed by atoms with Gasteiger partial charge in [-0.25, -0.2) is 4.39 Å². The highest BCUT2D eigenvalue weighted by Crippen LogP contribution is 2.23. The van der Waals surface area contributed by atoms with Gasteiger partial charge < -0.3 is 0 Å². The number of hydrogen-bond acceptors (Lipinski definition) is 4. The van der Waals surface area contributed by atoms with Crippen LogP contribution in [-0.4, -0.2) is 15.2 Å². The molecule has 6 heteroatoms. The van der Waals surface area contributed by atoms with Crippen molar-refractivity contribution in [1.82, 2.24) is 15.2 Å². The van der Waals surface area contributed by atoms with Crippen molar-refractivity contribution in [2.75, 3.05) is 0 Å². The van der Waals surface area contributed by atoms with Crippen molar-refractivity contribution < 1.29 is 4.39 Å². The SMILES string of the molecule is Fc1cncc(-c2nnc(I)s2)c1. The van der Waals surface area contributed by atoms with Crippen LogP contribution in [0.25, 0.3) is 10.6 Å². The molecule has 0 unspecified atom stereocenters.